The minimum absolute atomic E-state index is 0.313. The lowest BCUT2D eigenvalue weighted by molar-refractivity contribution is 0.357. The first kappa shape index (κ1) is 9.83. The van der Waals surface area contributed by atoms with Gasteiger partial charge in [0.2, 0.25) is 11.7 Å². The molecule has 2 aromatic heterocycles. The zero-order chi connectivity index (χ0) is 10.7. The van der Waals surface area contributed by atoms with Crippen molar-refractivity contribution in [1.29, 1.82) is 0 Å². The summed E-state index contributed by atoms with van der Waals surface area (Å²) in [6.45, 7) is 4.17. The summed E-state index contributed by atoms with van der Waals surface area (Å²) in [5, 5.41) is 3.94. The fourth-order valence-electron chi connectivity index (χ4n) is 1.23. The first-order valence-corrected chi connectivity index (χ1v) is 5.05. The molecule has 0 spiro atoms. The Morgan fingerprint density at radius 2 is 2.07 bits per heavy atom. The zero-order valence-electron chi connectivity index (χ0n) is 8.84. The van der Waals surface area contributed by atoms with Crippen molar-refractivity contribution in [2.75, 3.05) is 0 Å². The molecular formula is C11H13N3O. The minimum atomic E-state index is 0.313. The van der Waals surface area contributed by atoms with Gasteiger partial charge in [-0.1, -0.05) is 19.0 Å². The Kier molecular flexibility index (Phi) is 2.76. The number of pyridine rings is 1. The van der Waals surface area contributed by atoms with E-state index in [1.165, 1.54) is 0 Å². The summed E-state index contributed by atoms with van der Waals surface area (Å²) in [5.41, 5.74) is 0.934. The highest BCUT2D eigenvalue weighted by Gasteiger charge is 2.12. The summed E-state index contributed by atoms with van der Waals surface area (Å²) >= 11 is 0. The lowest BCUT2D eigenvalue weighted by Crippen LogP contribution is -1.90. The Labute approximate surface area is 88.4 Å². The molecule has 0 bridgehead atoms. The van der Waals surface area contributed by atoms with Crippen LogP contribution in [0.25, 0.3) is 11.4 Å². The van der Waals surface area contributed by atoms with Crippen molar-refractivity contribution in [2.24, 2.45) is 0 Å². The molecule has 1 unspecified atom stereocenters. The van der Waals surface area contributed by atoms with Crippen LogP contribution in [0, 0.1) is 0 Å². The summed E-state index contributed by atoms with van der Waals surface area (Å²) in [6.07, 6.45) is 4.43. The highest BCUT2D eigenvalue weighted by atomic mass is 16.5. The largest absolute Gasteiger partial charge is 0.339 e. The Morgan fingerprint density at radius 3 is 2.73 bits per heavy atom. The van der Waals surface area contributed by atoms with E-state index < -0.39 is 0 Å². The van der Waals surface area contributed by atoms with Gasteiger partial charge >= 0.3 is 0 Å². The minimum Gasteiger partial charge on any atom is -0.339 e. The monoisotopic (exact) mass is 203 g/mol. The van der Waals surface area contributed by atoms with Gasteiger partial charge < -0.3 is 4.52 Å². The maximum atomic E-state index is 5.19. The van der Waals surface area contributed by atoms with Crippen LogP contribution in [0.5, 0.6) is 0 Å². The topological polar surface area (TPSA) is 51.8 Å². The molecule has 4 heteroatoms. The van der Waals surface area contributed by atoms with Gasteiger partial charge in [0.1, 0.15) is 0 Å². The number of nitrogens with zero attached hydrogens (tertiary/aromatic N) is 3. The lowest BCUT2D eigenvalue weighted by atomic mass is 10.1. The summed E-state index contributed by atoms with van der Waals surface area (Å²) in [6, 6.07) is 3.73. The number of aromatic nitrogens is 3. The standard InChI is InChI=1S/C11H13N3O/c1-3-8(2)11-13-10(14-15-11)9-4-6-12-7-5-9/h4-8H,3H2,1-2H3. The molecule has 4 nitrogen and oxygen atoms in total. The van der Waals surface area contributed by atoms with Gasteiger partial charge in [-0.05, 0) is 18.6 Å². The van der Waals surface area contributed by atoms with Crippen LogP contribution in [0.3, 0.4) is 0 Å². The molecule has 2 aromatic rings. The molecule has 0 radical (unpaired) electrons. The quantitative estimate of drug-likeness (QED) is 0.769. The van der Waals surface area contributed by atoms with Gasteiger partial charge in [0, 0.05) is 23.9 Å². The van der Waals surface area contributed by atoms with Crippen molar-refractivity contribution in [3.63, 3.8) is 0 Å². The van der Waals surface area contributed by atoms with E-state index in [-0.39, 0.29) is 0 Å². The van der Waals surface area contributed by atoms with Crippen LogP contribution < -0.4 is 0 Å². The van der Waals surface area contributed by atoms with Crippen LogP contribution in [-0.4, -0.2) is 15.1 Å². The van der Waals surface area contributed by atoms with Crippen molar-refractivity contribution < 1.29 is 4.52 Å². The Hall–Kier alpha value is -1.71. The van der Waals surface area contributed by atoms with Crippen molar-refractivity contribution in [3.8, 4) is 11.4 Å². The maximum Gasteiger partial charge on any atom is 0.229 e. The van der Waals surface area contributed by atoms with Gasteiger partial charge in [0.05, 0.1) is 0 Å². The molecule has 0 aliphatic rings. The summed E-state index contributed by atoms with van der Waals surface area (Å²) in [5.74, 6) is 1.64. The van der Waals surface area contributed by atoms with E-state index in [4.69, 9.17) is 4.52 Å². The van der Waals surface area contributed by atoms with Crippen LogP contribution >= 0.6 is 0 Å². The maximum absolute atomic E-state index is 5.19. The third kappa shape index (κ3) is 2.03. The zero-order valence-corrected chi connectivity index (χ0v) is 8.84. The van der Waals surface area contributed by atoms with Crippen LogP contribution in [0.2, 0.25) is 0 Å². The van der Waals surface area contributed by atoms with E-state index in [1.54, 1.807) is 12.4 Å². The summed E-state index contributed by atoms with van der Waals surface area (Å²) in [4.78, 5) is 8.29. The van der Waals surface area contributed by atoms with Gasteiger partial charge in [0.25, 0.3) is 0 Å². The third-order valence-electron chi connectivity index (χ3n) is 2.41. The normalized spacial score (nSPS) is 12.7. The summed E-state index contributed by atoms with van der Waals surface area (Å²) < 4.78 is 5.19. The second-order valence-electron chi connectivity index (χ2n) is 3.50. The predicted molar refractivity (Wildman–Crippen MR) is 56.2 cm³/mol. The van der Waals surface area contributed by atoms with Crippen molar-refractivity contribution >= 4 is 0 Å². The van der Waals surface area contributed by atoms with Crippen LogP contribution in [-0.2, 0) is 0 Å². The number of hydrogen-bond donors (Lipinski definition) is 0. The first-order chi connectivity index (χ1) is 7.31. The fraction of sp³-hybridized carbons (Fsp3) is 0.364. The smallest absolute Gasteiger partial charge is 0.229 e. The second-order valence-corrected chi connectivity index (χ2v) is 3.50. The van der Waals surface area contributed by atoms with Gasteiger partial charge in [-0.15, -0.1) is 0 Å². The van der Waals surface area contributed by atoms with Crippen molar-refractivity contribution in [1.82, 2.24) is 15.1 Å². The molecule has 0 aliphatic heterocycles. The van der Waals surface area contributed by atoms with Crippen LogP contribution in [0.4, 0.5) is 0 Å². The Bertz CT molecular complexity index is 424. The molecule has 0 saturated heterocycles. The molecular weight excluding hydrogens is 190 g/mol. The van der Waals surface area contributed by atoms with E-state index in [1.807, 2.05) is 12.1 Å². The average Bonchev–Trinajstić information content (AvgIpc) is 2.78. The van der Waals surface area contributed by atoms with Gasteiger partial charge in [-0.3, -0.25) is 4.98 Å². The average molecular weight is 203 g/mol. The van der Waals surface area contributed by atoms with E-state index in [9.17, 15) is 0 Å². The van der Waals surface area contributed by atoms with E-state index in [2.05, 4.69) is 29.0 Å². The SMILES string of the molecule is CCC(C)c1nc(-c2ccncc2)no1. The van der Waals surface area contributed by atoms with Gasteiger partial charge in [-0.2, -0.15) is 4.98 Å². The molecule has 15 heavy (non-hydrogen) atoms. The fourth-order valence-corrected chi connectivity index (χ4v) is 1.23. The predicted octanol–water partition coefficient (Wildman–Crippen LogP) is 2.65. The van der Waals surface area contributed by atoms with E-state index in [0.29, 0.717) is 17.6 Å². The molecule has 0 aliphatic carbocycles. The molecule has 1 atom stereocenters. The van der Waals surface area contributed by atoms with Crippen molar-refractivity contribution in [2.45, 2.75) is 26.2 Å². The van der Waals surface area contributed by atoms with Gasteiger partial charge in [-0.25, -0.2) is 0 Å². The lowest BCUT2D eigenvalue weighted by Gasteiger charge is -1.98. The molecule has 2 rings (SSSR count). The number of hydrogen-bond acceptors (Lipinski definition) is 4. The molecule has 78 valence electrons. The van der Waals surface area contributed by atoms with Gasteiger partial charge in [0.15, 0.2) is 0 Å². The Morgan fingerprint density at radius 1 is 1.33 bits per heavy atom. The van der Waals surface area contributed by atoms with E-state index >= 15 is 0 Å². The molecule has 2 heterocycles. The molecule has 0 amide bonds. The molecule has 0 saturated carbocycles. The molecule has 0 fully saturated rings. The third-order valence-corrected chi connectivity index (χ3v) is 2.41. The second kappa shape index (κ2) is 4.21. The number of rotatable bonds is 3. The molecule has 0 N–H and O–H groups in total. The van der Waals surface area contributed by atoms with E-state index in [0.717, 1.165) is 12.0 Å². The highest BCUT2D eigenvalue weighted by Crippen LogP contribution is 2.20. The highest BCUT2D eigenvalue weighted by molar-refractivity contribution is 5.52. The molecule has 0 aromatic carbocycles. The van der Waals surface area contributed by atoms with Crippen molar-refractivity contribution in [3.05, 3.63) is 30.4 Å². The van der Waals surface area contributed by atoms with Crippen LogP contribution in [0.1, 0.15) is 32.1 Å². The Balaban J connectivity index is 2.28. The first-order valence-electron chi connectivity index (χ1n) is 5.05. The van der Waals surface area contributed by atoms with Crippen LogP contribution in [0.15, 0.2) is 29.0 Å². The summed E-state index contributed by atoms with van der Waals surface area (Å²) in [7, 11) is 0.